The van der Waals surface area contributed by atoms with Crippen molar-refractivity contribution < 1.29 is 19.4 Å². The number of carboxylic acids is 1. The Labute approximate surface area is 112 Å². The monoisotopic (exact) mass is 268 g/mol. The Kier molecular flexibility index (Phi) is 6.08. The van der Waals surface area contributed by atoms with E-state index in [2.05, 4.69) is 11.9 Å². The minimum absolute atomic E-state index is 0.208. The number of methoxy groups -OCH3 is 1. The molecule has 0 aromatic rings. The summed E-state index contributed by atoms with van der Waals surface area (Å²) in [7, 11) is 1.63. The second-order valence-corrected chi connectivity index (χ2v) is 4.36. The molecule has 1 heterocycles. The first-order valence-electron chi connectivity index (χ1n) is 6.14. The van der Waals surface area contributed by atoms with Crippen molar-refractivity contribution in [3.63, 3.8) is 0 Å². The second-order valence-electron chi connectivity index (χ2n) is 4.36. The summed E-state index contributed by atoms with van der Waals surface area (Å²) in [6.07, 6.45) is 4.38. The number of nitrogens with zero attached hydrogens (tertiary/aromatic N) is 1. The molecule has 0 saturated carbocycles. The molecular weight excluding hydrogens is 248 g/mol. The van der Waals surface area contributed by atoms with E-state index in [0.717, 1.165) is 12.0 Å². The van der Waals surface area contributed by atoms with E-state index in [1.165, 1.54) is 6.08 Å². The molecule has 2 N–H and O–H groups in total. The number of rotatable bonds is 6. The summed E-state index contributed by atoms with van der Waals surface area (Å²) >= 11 is 0. The van der Waals surface area contributed by atoms with Gasteiger partial charge in [-0.25, -0.2) is 9.59 Å². The second kappa shape index (κ2) is 7.58. The lowest BCUT2D eigenvalue weighted by molar-refractivity contribution is -0.139. The molecule has 0 fully saturated rings. The zero-order valence-electron chi connectivity index (χ0n) is 11.1. The highest BCUT2D eigenvalue weighted by molar-refractivity contribution is 5.82. The average Bonchev–Trinajstić information content (AvgIpc) is 2.39. The molecular formula is C13H20N2O4. The normalized spacial score (nSPS) is 16.5. The third kappa shape index (κ3) is 4.75. The van der Waals surface area contributed by atoms with E-state index in [4.69, 9.17) is 9.84 Å². The van der Waals surface area contributed by atoms with Crippen LogP contribution in [0.25, 0.3) is 0 Å². The fourth-order valence-corrected chi connectivity index (χ4v) is 1.84. The SMILES string of the molecule is C=CCC(NC(=O)N1CC=C(COC)CC1)C(=O)O. The fourth-order valence-electron chi connectivity index (χ4n) is 1.84. The number of carbonyl (C=O) groups excluding carboxylic acids is 1. The van der Waals surface area contributed by atoms with E-state index in [0.29, 0.717) is 19.7 Å². The standard InChI is InChI=1S/C13H20N2O4/c1-3-4-11(12(16)17)14-13(18)15-7-5-10(6-8-15)9-19-2/h3,5,11H,1,4,6-9H2,2H3,(H,14,18)(H,16,17). The number of carbonyl (C=O) groups is 2. The summed E-state index contributed by atoms with van der Waals surface area (Å²) in [5.74, 6) is -1.05. The van der Waals surface area contributed by atoms with Crippen LogP contribution in [0, 0.1) is 0 Å². The Morgan fingerprint density at radius 2 is 2.42 bits per heavy atom. The zero-order chi connectivity index (χ0) is 14.3. The van der Waals surface area contributed by atoms with Crippen molar-refractivity contribution in [2.75, 3.05) is 26.8 Å². The van der Waals surface area contributed by atoms with Gasteiger partial charge >= 0.3 is 12.0 Å². The van der Waals surface area contributed by atoms with E-state index in [-0.39, 0.29) is 12.5 Å². The van der Waals surface area contributed by atoms with Crippen LogP contribution in [0.1, 0.15) is 12.8 Å². The number of hydrogen-bond acceptors (Lipinski definition) is 3. The highest BCUT2D eigenvalue weighted by atomic mass is 16.5. The summed E-state index contributed by atoms with van der Waals surface area (Å²) in [5, 5.41) is 11.4. The maximum absolute atomic E-state index is 11.9. The molecule has 1 unspecified atom stereocenters. The van der Waals surface area contributed by atoms with E-state index in [9.17, 15) is 9.59 Å². The van der Waals surface area contributed by atoms with Crippen LogP contribution >= 0.6 is 0 Å². The summed E-state index contributed by atoms with van der Waals surface area (Å²) in [6.45, 7) is 5.10. The van der Waals surface area contributed by atoms with Gasteiger partial charge < -0.3 is 20.1 Å². The fraction of sp³-hybridized carbons (Fsp3) is 0.538. The van der Waals surface area contributed by atoms with Crippen LogP contribution < -0.4 is 5.32 Å². The van der Waals surface area contributed by atoms with Gasteiger partial charge in [-0.15, -0.1) is 6.58 Å². The van der Waals surface area contributed by atoms with E-state index in [1.807, 2.05) is 6.08 Å². The quantitative estimate of drug-likeness (QED) is 0.704. The number of carboxylic acid groups (broad SMARTS) is 1. The molecule has 1 aliphatic heterocycles. The van der Waals surface area contributed by atoms with Crippen molar-refractivity contribution in [2.24, 2.45) is 0 Å². The first-order chi connectivity index (χ1) is 9.08. The van der Waals surface area contributed by atoms with Gasteiger partial charge in [-0.3, -0.25) is 0 Å². The van der Waals surface area contributed by atoms with E-state index >= 15 is 0 Å². The van der Waals surface area contributed by atoms with Gasteiger partial charge in [0.05, 0.1) is 6.61 Å². The summed E-state index contributed by atoms with van der Waals surface area (Å²) in [5.41, 5.74) is 1.16. The maximum Gasteiger partial charge on any atom is 0.326 e. The highest BCUT2D eigenvalue weighted by Gasteiger charge is 2.23. The molecule has 1 rings (SSSR count). The maximum atomic E-state index is 11.9. The Hall–Kier alpha value is -1.82. The van der Waals surface area contributed by atoms with Crippen LogP contribution in [-0.4, -0.2) is 54.9 Å². The molecule has 0 saturated heterocycles. The Balaban J connectivity index is 2.50. The van der Waals surface area contributed by atoms with Gasteiger partial charge in [-0.2, -0.15) is 0 Å². The van der Waals surface area contributed by atoms with Crippen molar-refractivity contribution in [2.45, 2.75) is 18.9 Å². The van der Waals surface area contributed by atoms with Crippen LogP contribution in [0.5, 0.6) is 0 Å². The molecule has 6 nitrogen and oxygen atoms in total. The lowest BCUT2D eigenvalue weighted by Crippen LogP contribution is -2.49. The molecule has 2 amide bonds. The van der Waals surface area contributed by atoms with Crippen molar-refractivity contribution in [1.29, 1.82) is 0 Å². The Morgan fingerprint density at radius 1 is 1.68 bits per heavy atom. The molecule has 19 heavy (non-hydrogen) atoms. The molecule has 106 valence electrons. The van der Waals surface area contributed by atoms with Crippen LogP contribution in [-0.2, 0) is 9.53 Å². The minimum Gasteiger partial charge on any atom is -0.480 e. The number of aliphatic carboxylic acids is 1. The molecule has 0 radical (unpaired) electrons. The van der Waals surface area contributed by atoms with Gasteiger partial charge in [-0.05, 0) is 18.4 Å². The highest BCUT2D eigenvalue weighted by Crippen LogP contribution is 2.11. The van der Waals surface area contributed by atoms with E-state index in [1.54, 1.807) is 12.0 Å². The van der Waals surface area contributed by atoms with Gasteiger partial charge in [0, 0.05) is 20.2 Å². The molecule has 0 spiro atoms. The van der Waals surface area contributed by atoms with Crippen molar-refractivity contribution in [3.8, 4) is 0 Å². The third-order valence-corrected chi connectivity index (χ3v) is 2.92. The molecule has 0 aromatic carbocycles. The van der Waals surface area contributed by atoms with Crippen molar-refractivity contribution >= 4 is 12.0 Å². The smallest absolute Gasteiger partial charge is 0.326 e. The number of amides is 2. The molecule has 1 aliphatic rings. The predicted octanol–water partition coefficient (Wildman–Crippen LogP) is 1.00. The summed E-state index contributed by atoms with van der Waals surface area (Å²) in [4.78, 5) is 24.4. The summed E-state index contributed by atoms with van der Waals surface area (Å²) in [6, 6.07) is -1.28. The number of hydrogen-bond donors (Lipinski definition) is 2. The van der Waals surface area contributed by atoms with Crippen LogP contribution in [0.3, 0.4) is 0 Å². The average molecular weight is 268 g/mol. The van der Waals surface area contributed by atoms with Gasteiger partial charge in [0.25, 0.3) is 0 Å². The largest absolute Gasteiger partial charge is 0.480 e. The van der Waals surface area contributed by atoms with Gasteiger partial charge in [0.2, 0.25) is 0 Å². The zero-order valence-corrected chi connectivity index (χ0v) is 11.1. The van der Waals surface area contributed by atoms with E-state index < -0.39 is 12.0 Å². The minimum atomic E-state index is -1.05. The number of ether oxygens (including phenoxy) is 1. The van der Waals surface area contributed by atoms with Crippen molar-refractivity contribution in [3.05, 3.63) is 24.3 Å². The first-order valence-corrected chi connectivity index (χ1v) is 6.14. The number of urea groups is 1. The number of nitrogens with one attached hydrogen (secondary N) is 1. The van der Waals surface area contributed by atoms with Crippen LogP contribution in [0.2, 0.25) is 0 Å². The molecule has 1 atom stereocenters. The van der Waals surface area contributed by atoms with Crippen molar-refractivity contribution in [1.82, 2.24) is 10.2 Å². The van der Waals surface area contributed by atoms with Crippen LogP contribution in [0.4, 0.5) is 4.79 Å². The molecule has 6 heteroatoms. The van der Waals surface area contributed by atoms with Gasteiger partial charge in [0.1, 0.15) is 6.04 Å². The molecule has 0 bridgehead atoms. The third-order valence-electron chi connectivity index (χ3n) is 2.92. The molecule has 0 aliphatic carbocycles. The topological polar surface area (TPSA) is 78.9 Å². The Bertz CT molecular complexity index is 379. The van der Waals surface area contributed by atoms with Crippen LogP contribution in [0.15, 0.2) is 24.3 Å². The molecule has 0 aromatic heterocycles. The first kappa shape index (κ1) is 15.2. The van der Waals surface area contributed by atoms with Gasteiger partial charge in [-0.1, -0.05) is 12.2 Å². The Morgan fingerprint density at radius 3 is 2.89 bits per heavy atom. The van der Waals surface area contributed by atoms with Gasteiger partial charge in [0.15, 0.2) is 0 Å². The lowest BCUT2D eigenvalue weighted by Gasteiger charge is -2.27. The predicted molar refractivity (Wildman–Crippen MR) is 70.9 cm³/mol. The summed E-state index contributed by atoms with van der Waals surface area (Å²) < 4.78 is 5.03. The lowest BCUT2D eigenvalue weighted by atomic mass is 10.1.